The third-order valence-electron chi connectivity index (χ3n) is 4.08. The van der Waals surface area contributed by atoms with Crippen molar-refractivity contribution >= 4 is 6.03 Å². The van der Waals surface area contributed by atoms with Crippen LogP contribution >= 0.6 is 0 Å². The average Bonchev–Trinajstić information content (AvgIpc) is 2.50. The second-order valence-corrected chi connectivity index (χ2v) is 6.50. The molecule has 2 rings (SSSR count). The van der Waals surface area contributed by atoms with Crippen LogP contribution in [-0.2, 0) is 13.1 Å². The summed E-state index contributed by atoms with van der Waals surface area (Å²) >= 11 is 0. The lowest BCUT2D eigenvalue weighted by atomic mass is 9.93. The quantitative estimate of drug-likeness (QED) is 0.776. The van der Waals surface area contributed by atoms with Crippen molar-refractivity contribution in [1.29, 1.82) is 0 Å². The summed E-state index contributed by atoms with van der Waals surface area (Å²) in [6, 6.07) is 4.81. The Labute approximate surface area is 136 Å². The molecule has 0 saturated heterocycles. The number of hydrogen-bond acceptors (Lipinski definition) is 3. The molecule has 2 amide bonds. The van der Waals surface area contributed by atoms with Crippen LogP contribution in [-0.4, -0.2) is 42.3 Å². The second-order valence-electron chi connectivity index (χ2n) is 6.50. The lowest BCUT2D eigenvalue weighted by Gasteiger charge is -2.26. The highest BCUT2D eigenvalue weighted by Crippen LogP contribution is 2.18. The number of halogens is 1. The van der Waals surface area contributed by atoms with Crippen molar-refractivity contribution in [3.05, 3.63) is 35.1 Å². The van der Waals surface area contributed by atoms with E-state index < -0.39 is 0 Å². The Hall–Kier alpha value is -1.66. The highest BCUT2D eigenvalue weighted by Gasteiger charge is 2.20. The van der Waals surface area contributed by atoms with Crippen LogP contribution in [0.4, 0.5) is 9.18 Å². The maximum Gasteiger partial charge on any atom is 0.315 e. The normalized spacial score (nSPS) is 21.3. The van der Waals surface area contributed by atoms with Gasteiger partial charge < -0.3 is 20.6 Å². The van der Waals surface area contributed by atoms with Crippen molar-refractivity contribution in [3.63, 3.8) is 0 Å². The number of aliphatic hydroxyl groups excluding tert-OH is 1. The van der Waals surface area contributed by atoms with E-state index in [1.54, 1.807) is 12.1 Å². The Morgan fingerprint density at radius 2 is 2.00 bits per heavy atom. The molecule has 1 aromatic carbocycles. The summed E-state index contributed by atoms with van der Waals surface area (Å²) in [5.41, 5.74) is 1.49. The third-order valence-corrected chi connectivity index (χ3v) is 4.08. The third kappa shape index (κ3) is 5.80. The highest BCUT2D eigenvalue weighted by atomic mass is 19.1. The van der Waals surface area contributed by atoms with Crippen LogP contribution in [0.2, 0.25) is 0 Å². The van der Waals surface area contributed by atoms with Crippen LogP contribution in [0.15, 0.2) is 18.2 Å². The van der Waals surface area contributed by atoms with Crippen molar-refractivity contribution < 1.29 is 14.3 Å². The zero-order chi connectivity index (χ0) is 16.8. The molecule has 0 aliphatic heterocycles. The molecule has 0 bridgehead atoms. The topological polar surface area (TPSA) is 64.6 Å². The number of nitrogens with one attached hydrogen (secondary N) is 2. The monoisotopic (exact) mass is 323 g/mol. The predicted octanol–water partition coefficient (Wildman–Crippen LogP) is 1.99. The first-order chi connectivity index (χ1) is 10.9. The molecule has 23 heavy (non-hydrogen) atoms. The number of benzene rings is 1. The van der Waals surface area contributed by atoms with Crippen LogP contribution in [0.5, 0.6) is 0 Å². The minimum atomic E-state index is -0.231. The van der Waals surface area contributed by atoms with Gasteiger partial charge in [0.15, 0.2) is 0 Å². The van der Waals surface area contributed by atoms with E-state index in [1.165, 1.54) is 6.07 Å². The molecule has 1 saturated carbocycles. The number of nitrogens with zero attached hydrogens (tertiary/aromatic N) is 1. The van der Waals surface area contributed by atoms with Crippen molar-refractivity contribution in [2.45, 2.75) is 50.9 Å². The maximum atomic E-state index is 13.7. The Bertz CT molecular complexity index is 529. The molecule has 5 nitrogen and oxygen atoms in total. The van der Waals surface area contributed by atoms with Crippen molar-refractivity contribution in [2.75, 3.05) is 14.1 Å². The van der Waals surface area contributed by atoms with Gasteiger partial charge in [-0.15, -0.1) is 0 Å². The first kappa shape index (κ1) is 17.7. The van der Waals surface area contributed by atoms with Gasteiger partial charge in [0, 0.05) is 24.7 Å². The Morgan fingerprint density at radius 1 is 1.30 bits per heavy atom. The van der Waals surface area contributed by atoms with Gasteiger partial charge in [0.1, 0.15) is 5.82 Å². The number of urea groups is 1. The van der Waals surface area contributed by atoms with Gasteiger partial charge in [0.2, 0.25) is 0 Å². The Kier molecular flexibility index (Phi) is 6.36. The van der Waals surface area contributed by atoms with E-state index in [1.807, 2.05) is 19.0 Å². The van der Waals surface area contributed by atoms with Gasteiger partial charge in [-0.05, 0) is 57.5 Å². The number of amides is 2. The van der Waals surface area contributed by atoms with Gasteiger partial charge >= 0.3 is 6.03 Å². The number of hydrogen-bond donors (Lipinski definition) is 3. The van der Waals surface area contributed by atoms with E-state index in [9.17, 15) is 14.3 Å². The standard InChI is InChI=1S/C17H26FN3O2/c1-21(2)11-13-9-12(3-8-16(13)18)10-19-17(23)20-14-4-6-15(22)7-5-14/h3,8-9,14-15,22H,4-7,10-11H2,1-2H3,(H2,19,20,23). The molecule has 0 heterocycles. The first-order valence-corrected chi connectivity index (χ1v) is 8.08. The largest absolute Gasteiger partial charge is 0.393 e. The van der Waals surface area contributed by atoms with Crippen LogP contribution in [0, 0.1) is 5.82 Å². The summed E-state index contributed by atoms with van der Waals surface area (Å²) < 4.78 is 13.7. The summed E-state index contributed by atoms with van der Waals surface area (Å²) in [4.78, 5) is 13.8. The molecule has 1 aromatic rings. The van der Waals surface area contributed by atoms with Gasteiger partial charge in [-0.3, -0.25) is 0 Å². The number of aliphatic hydroxyl groups is 1. The Morgan fingerprint density at radius 3 is 2.65 bits per heavy atom. The minimum Gasteiger partial charge on any atom is -0.393 e. The molecule has 128 valence electrons. The molecule has 0 unspecified atom stereocenters. The number of carbonyl (C=O) groups is 1. The molecular formula is C17H26FN3O2. The molecule has 0 spiro atoms. The first-order valence-electron chi connectivity index (χ1n) is 8.08. The zero-order valence-corrected chi connectivity index (χ0v) is 13.8. The fourth-order valence-corrected chi connectivity index (χ4v) is 2.84. The molecule has 0 radical (unpaired) electrons. The zero-order valence-electron chi connectivity index (χ0n) is 13.8. The summed E-state index contributed by atoms with van der Waals surface area (Å²) in [7, 11) is 3.78. The minimum absolute atomic E-state index is 0.121. The van der Waals surface area contributed by atoms with Gasteiger partial charge in [-0.2, -0.15) is 0 Å². The molecule has 1 fully saturated rings. The van der Waals surface area contributed by atoms with E-state index in [0.717, 1.165) is 31.2 Å². The fourth-order valence-electron chi connectivity index (χ4n) is 2.84. The van der Waals surface area contributed by atoms with Gasteiger partial charge in [-0.25, -0.2) is 9.18 Å². The number of carbonyl (C=O) groups excluding carboxylic acids is 1. The smallest absolute Gasteiger partial charge is 0.315 e. The summed E-state index contributed by atoms with van der Waals surface area (Å²) in [6.45, 7) is 0.887. The lowest BCUT2D eigenvalue weighted by molar-refractivity contribution is 0.117. The molecule has 3 N–H and O–H groups in total. The summed E-state index contributed by atoms with van der Waals surface area (Å²) in [5, 5.41) is 15.2. The SMILES string of the molecule is CN(C)Cc1cc(CNC(=O)NC2CCC(O)CC2)ccc1F. The van der Waals surface area contributed by atoms with Crippen LogP contribution < -0.4 is 10.6 Å². The summed E-state index contributed by atoms with van der Waals surface area (Å²) in [5.74, 6) is -0.229. The average molecular weight is 323 g/mol. The maximum absolute atomic E-state index is 13.7. The second kappa shape index (κ2) is 8.26. The van der Waals surface area contributed by atoms with Crippen LogP contribution in [0.1, 0.15) is 36.8 Å². The van der Waals surface area contributed by atoms with E-state index in [-0.39, 0.29) is 24.0 Å². The summed E-state index contributed by atoms with van der Waals surface area (Å²) in [6.07, 6.45) is 2.84. The molecule has 1 aliphatic carbocycles. The van der Waals surface area contributed by atoms with E-state index in [0.29, 0.717) is 18.7 Å². The highest BCUT2D eigenvalue weighted by molar-refractivity contribution is 5.74. The van der Waals surface area contributed by atoms with Crippen LogP contribution in [0.25, 0.3) is 0 Å². The van der Waals surface area contributed by atoms with E-state index in [2.05, 4.69) is 10.6 Å². The lowest BCUT2D eigenvalue weighted by Crippen LogP contribution is -2.43. The van der Waals surface area contributed by atoms with Gasteiger partial charge in [0.25, 0.3) is 0 Å². The molecular weight excluding hydrogens is 297 g/mol. The van der Waals surface area contributed by atoms with Gasteiger partial charge in [-0.1, -0.05) is 6.07 Å². The van der Waals surface area contributed by atoms with Crippen molar-refractivity contribution in [3.8, 4) is 0 Å². The molecule has 6 heteroatoms. The van der Waals surface area contributed by atoms with Gasteiger partial charge in [0.05, 0.1) is 6.10 Å². The molecule has 0 atom stereocenters. The predicted molar refractivity (Wildman–Crippen MR) is 87.4 cm³/mol. The molecule has 1 aliphatic rings. The van der Waals surface area contributed by atoms with Crippen molar-refractivity contribution in [1.82, 2.24) is 15.5 Å². The van der Waals surface area contributed by atoms with Crippen molar-refractivity contribution in [2.24, 2.45) is 0 Å². The molecule has 0 aromatic heterocycles. The fraction of sp³-hybridized carbons (Fsp3) is 0.588. The van der Waals surface area contributed by atoms with E-state index in [4.69, 9.17) is 0 Å². The van der Waals surface area contributed by atoms with Crippen LogP contribution in [0.3, 0.4) is 0 Å². The Balaban J connectivity index is 1.82. The van der Waals surface area contributed by atoms with E-state index >= 15 is 0 Å². The number of rotatable bonds is 5.